The number of oxazole rings is 1. The fraction of sp³-hybridized carbons (Fsp3) is 0. The van der Waals surface area contributed by atoms with Crippen LogP contribution in [-0.4, -0.2) is 19.9 Å². The first kappa shape index (κ1) is 28.5. The molecule has 3 heterocycles. The number of hydrogen-bond donors (Lipinski definition) is 0. The molecule has 6 heteroatoms. The average Bonchev–Trinajstić information content (AvgIpc) is 3.78. The summed E-state index contributed by atoms with van der Waals surface area (Å²) in [6, 6.07) is 54.1. The summed E-state index contributed by atoms with van der Waals surface area (Å²) in [5.74, 6) is 2.56. The van der Waals surface area contributed by atoms with E-state index in [9.17, 15) is 0 Å². The Balaban J connectivity index is 1.16. The molecule has 0 amide bonds. The van der Waals surface area contributed by atoms with Gasteiger partial charge in [-0.3, -0.25) is 0 Å². The first-order valence-electron chi connectivity index (χ1n) is 16.5. The summed E-state index contributed by atoms with van der Waals surface area (Å²) in [5, 5.41) is 4.60. The van der Waals surface area contributed by atoms with Crippen LogP contribution >= 0.6 is 11.3 Å². The molecule has 0 fully saturated rings. The number of rotatable bonds is 5. The summed E-state index contributed by atoms with van der Waals surface area (Å²) >= 11 is 1.78. The highest BCUT2D eigenvalue weighted by atomic mass is 32.1. The molecule has 3 aromatic heterocycles. The van der Waals surface area contributed by atoms with E-state index in [1.54, 1.807) is 11.3 Å². The molecule has 7 aromatic carbocycles. The summed E-state index contributed by atoms with van der Waals surface area (Å²) in [6.07, 6.45) is 0. The van der Waals surface area contributed by atoms with Crippen LogP contribution in [0.1, 0.15) is 0 Å². The predicted molar refractivity (Wildman–Crippen MR) is 205 cm³/mol. The normalized spacial score (nSPS) is 11.6. The Morgan fingerprint density at radius 3 is 1.64 bits per heavy atom. The minimum Gasteiger partial charge on any atom is -0.436 e. The van der Waals surface area contributed by atoms with Crippen LogP contribution < -0.4 is 0 Å². The van der Waals surface area contributed by atoms with E-state index in [1.165, 1.54) is 25.7 Å². The Morgan fingerprint density at radius 2 is 0.960 bits per heavy atom. The molecule has 0 bridgehead atoms. The quantitative estimate of drug-likeness (QED) is 0.184. The third kappa shape index (κ3) is 4.77. The second-order valence-corrected chi connectivity index (χ2v) is 13.3. The van der Waals surface area contributed by atoms with Crippen molar-refractivity contribution in [3.05, 3.63) is 158 Å². The smallest absolute Gasteiger partial charge is 0.227 e. The largest absolute Gasteiger partial charge is 0.436 e. The fourth-order valence-corrected chi connectivity index (χ4v) is 7.99. The summed E-state index contributed by atoms with van der Waals surface area (Å²) in [6.45, 7) is 0. The van der Waals surface area contributed by atoms with Gasteiger partial charge in [-0.25, -0.2) is 19.9 Å². The van der Waals surface area contributed by atoms with Crippen LogP contribution in [0.2, 0.25) is 0 Å². The van der Waals surface area contributed by atoms with Gasteiger partial charge in [0.25, 0.3) is 0 Å². The molecular weight excluding hydrogens is 633 g/mol. The summed E-state index contributed by atoms with van der Waals surface area (Å²) in [5.41, 5.74) is 7.79. The van der Waals surface area contributed by atoms with Gasteiger partial charge in [0.2, 0.25) is 5.89 Å². The van der Waals surface area contributed by atoms with Crippen LogP contribution in [0.25, 0.3) is 98.8 Å². The topological polar surface area (TPSA) is 64.7 Å². The van der Waals surface area contributed by atoms with Crippen molar-refractivity contribution >= 4 is 53.4 Å². The Hall–Kier alpha value is -6.50. The average molecular weight is 659 g/mol. The third-order valence-corrected chi connectivity index (χ3v) is 10.3. The van der Waals surface area contributed by atoms with Crippen LogP contribution in [0.3, 0.4) is 0 Å². The molecular formula is C44H26N4OS. The van der Waals surface area contributed by atoms with E-state index in [0.29, 0.717) is 23.4 Å². The van der Waals surface area contributed by atoms with Gasteiger partial charge in [-0.05, 0) is 46.2 Å². The van der Waals surface area contributed by atoms with Crippen molar-refractivity contribution in [1.82, 2.24) is 19.9 Å². The Bertz CT molecular complexity index is 2810. The maximum Gasteiger partial charge on any atom is 0.227 e. The molecule has 0 aliphatic heterocycles. The maximum absolute atomic E-state index is 6.24. The minimum absolute atomic E-state index is 0.633. The van der Waals surface area contributed by atoms with Gasteiger partial charge in [0, 0.05) is 48.5 Å². The monoisotopic (exact) mass is 658 g/mol. The lowest BCUT2D eigenvalue weighted by Crippen LogP contribution is -2.00. The molecule has 0 saturated carbocycles. The van der Waals surface area contributed by atoms with Crippen molar-refractivity contribution in [1.29, 1.82) is 0 Å². The van der Waals surface area contributed by atoms with Crippen molar-refractivity contribution in [2.24, 2.45) is 0 Å². The zero-order valence-corrected chi connectivity index (χ0v) is 27.4. The highest BCUT2D eigenvalue weighted by Crippen LogP contribution is 2.44. The number of hydrogen-bond acceptors (Lipinski definition) is 6. The second-order valence-electron chi connectivity index (χ2n) is 12.2. The molecule has 5 nitrogen and oxygen atoms in total. The van der Waals surface area contributed by atoms with Gasteiger partial charge in [-0.2, -0.15) is 0 Å². The highest BCUT2D eigenvalue weighted by molar-refractivity contribution is 7.26. The minimum atomic E-state index is 0.633. The summed E-state index contributed by atoms with van der Waals surface area (Å²) in [4.78, 5) is 19.9. The summed E-state index contributed by atoms with van der Waals surface area (Å²) in [7, 11) is 0. The molecule has 0 radical (unpaired) electrons. The van der Waals surface area contributed by atoms with E-state index < -0.39 is 0 Å². The highest BCUT2D eigenvalue weighted by Gasteiger charge is 2.19. The van der Waals surface area contributed by atoms with Crippen LogP contribution in [0.4, 0.5) is 0 Å². The van der Waals surface area contributed by atoms with Crippen LogP contribution in [-0.2, 0) is 0 Å². The van der Waals surface area contributed by atoms with Crippen LogP contribution in [0.5, 0.6) is 0 Å². The van der Waals surface area contributed by atoms with Crippen molar-refractivity contribution in [2.45, 2.75) is 0 Å². The van der Waals surface area contributed by atoms with E-state index in [1.807, 2.05) is 91.0 Å². The maximum atomic E-state index is 6.24. The molecule has 234 valence electrons. The van der Waals surface area contributed by atoms with Crippen LogP contribution in [0, 0.1) is 0 Å². The predicted octanol–water partition coefficient (Wildman–Crippen LogP) is 11.9. The van der Waals surface area contributed by atoms with E-state index in [0.717, 1.165) is 49.7 Å². The van der Waals surface area contributed by atoms with Gasteiger partial charge >= 0.3 is 0 Å². The van der Waals surface area contributed by atoms with Crippen molar-refractivity contribution < 1.29 is 4.42 Å². The van der Waals surface area contributed by atoms with Crippen molar-refractivity contribution in [3.8, 4) is 56.7 Å². The van der Waals surface area contributed by atoms with E-state index >= 15 is 0 Å². The zero-order chi connectivity index (χ0) is 33.0. The van der Waals surface area contributed by atoms with Gasteiger partial charge < -0.3 is 4.42 Å². The van der Waals surface area contributed by atoms with Gasteiger partial charge in [-0.15, -0.1) is 11.3 Å². The molecule has 0 N–H and O–H groups in total. The van der Waals surface area contributed by atoms with Crippen molar-refractivity contribution in [3.63, 3.8) is 0 Å². The van der Waals surface area contributed by atoms with Gasteiger partial charge in [0.1, 0.15) is 5.52 Å². The van der Waals surface area contributed by atoms with Gasteiger partial charge in [0.15, 0.2) is 23.1 Å². The molecule has 0 unspecified atom stereocenters. The fourth-order valence-electron chi connectivity index (χ4n) is 6.85. The lowest BCUT2D eigenvalue weighted by molar-refractivity contribution is 0.620. The lowest BCUT2D eigenvalue weighted by atomic mass is 9.93. The van der Waals surface area contributed by atoms with Crippen molar-refractivity contribution in [2.75, 3.05) is 0 Å². The molecule has 0 aliphatic carbocycles. The number of nitrogens with zero attached hydrogens (tertiary/aromatic N) is 4. The standard InChI is InChI=1S/C44H26N4OS/c1-4-13-27(14-5-1)41-46-42(28-15-6-2-7-16-28)48-43(47-41)34-23-11-19-30-31(20-10-21-32(30)34)33-22-12-24-38-40(33)35-25-36-37(26-39(35)50-38)49-44(45-36)29-17-8-3-9-18-29/h1-26H. The molecule has 0 aliphatic rings. The van der Waals surface area contributed by atoms with Crippen LogP contribution in [0.15, 0.2) is 162 Å². The Kier molecular flexibility index (Phi) is 6.60. The van der Waals surface area contributed by atoms with E-state index in [4.69, 9.17) is 24.4 Å². The number of fused-ring (bicyclic) bond motifs is 5. The molecule has 10 rings (SSSR count). The SMILES string of the molecule is c1ccc(-c2nc(-c3ccccc3)nc(-c3cccc4c(-c5cccc6sc7cc8oc(-c9ccccc9)nc8cc7c56)cccc34)n2)cc1. The molecule has 0 spiro atoms. The number of benzene rings is 7. The Morgan fingerprint density at radius 1 is 0.400 bits per heavy atom. The third-order valence-electron chi connectivity index (χ3n) is 9.18. The number of thiophene rings is 1. The van der Waals surface area contributed by atoms with E-state index in [-0.39, 0.29) is 0 Å². The molecule has 0 atom stereocenters. The molecule has 50 heavy (non-hydrogen) atoms. The zero-order valence-electron chi connectivity index (χ0n) is 26.6. The first-order chi connectivity index (χ1) is 24.8. The second kappa shape index (κ2) is 11.6. The number of aromatic nitrogens is 4. The van der Waals surface area contributed by atoms with Gasteiger partial charge in [0.05, 0.1) is 0 Å². The first-order valence-corrected chi connectivity index (χ1v) is 17.3. The molecule has 10 aromatic rings. The van der Waals surface area contributed by atoms with E-state index in [2.05, 4.69) is 66.7 Å². The van der Waals surface area contributed by atoms with Gasteiger partial charge in [-0.1, -0.05) is 127 Å². The Labute approximate surface area is 291 Å². The molecule has 0 saturated heterocycles. The lowest BCUT2D eigenvalue weighted by Gasteiger charge is -2.13. The summed E-state index contributed by atoms with van der Waals surface area (Å²) < 4.78 is 8.63.